The van der Waals surface area contributed by atoms with Crippen LogP contribution in [-0.4, -0.2) is 50.3 Å². The lowest BCUT2D eigenvalue weighted by atomic mass is 9.94. The number of nitrogens with one attached hydrogen (secondary N) is 2. The molecule has 0 spiro atoms. The Morgan fingerprint density at radius 1 is 1.22 bits per heavy atom. The first-order valence-electron chi connectivity index (χ1n) is 9.47. The summed E-state index contributed by atoms with van der Waals surface area (Å²) in [6.45, 7) is 4.83. The average molecular weight is 373 g/mol. The van der Waals surface area contributed by atoms with Crippen LogP contribution in [0.2, 0.25) is 0 Å². The van der Waals surface area contributed by atoms with E-state index in [0.29, 0.717) is 30.2 Å². The number of piperidine rings is 1. The standard InChI is InChI=1S/C20H27N3O4/c1-3-27-16-10-6-5-9-14(16)18-17(19(24)26-2)15(21-20(25)22-18)13-23-11-7-4-8-12-23/h5-6,9-10,18H,3-4,7-8,11-13H2,1-2H3,(H2,21,22,25)/t18-/m1/s1. The molecule has 7 heteroatoms. The fourth-order valence-corrected chi connectivity index (χ4v) is 3.67. The monoisotopic (exact) mass is 373 g/mol. The van der Waals surface area contributed by atoms with Gasteiger partial charge in [0.1, 0.15) is 5.75 Å². The zero-order valence-electron chi connectivity index (χ0n) is 15.9. The van der Waals surface area contributed by atoms with Crippen LogP contribution in [0.1, 0.15) is 37.8 Å². The van der Waals surface area contributed by atoms with E-state index in [1.165, 1.54) is 13.5 Å². The van der Waals surface area contributed by atoms with Crippen LogP contribution < -0.4 is 15.4 Å². The molecule has 0 saturated carbocycles. The molecule has 0 aliphatic carbocycles. The predicted octanol–water partition coefficient (Wildman–Crippen LogP) is 2.35. The number of nitrogens with zero attached hydrogens (tertiary/aromatic N) is 1. The molecule has 2 aliphatic rings. The van der Waals surface area contributed by atoms with Gasteiger partial charge in [0, 0.05) is 17.8 Å². The van der Waals surface area contributed by atoms with E-state index in [0.717, 1.165) is 31.5 Å². The average Bonchev–Trinajstić information content (AvgIpc) is 2.68. The first-order valence-corrected chi connectivity index (χ1v) is 9.47. The van der Waals surface area contributed by atoms with Gasteiger partial charge >= 0.3 is 12.0 Å². The van der Waals surface area contributed by atoms with E-state index in [9.17, 15) is 9.59 Å². The van der Waals surface area contributed by atoms with E-state index in [4.69, 9.17) is 9.47 Å². The maximum atomic E-state index is 12.6. The van der Waals surface area contributed by atoms with E-state index in [1.807, 2.05) is 31.2 Å². The number of methoxy groups -OCH3 is 1. The van der Waals surface area contributed by atoms with E-state index >= 15 is 0 Å². The van der Waals surface area contributed by atoms with Crippen molar-refractivity contribution in [2.75, 3.05) is 33.4 Å². The second kappa shape index (κ2) is 8.90. The van der Waals surface area contributed by atoms with E-state index in [1.54, 1.807) is 0 Å². The third-order valence-electron chi connectivity index (χ3n) is 4.92. The first-order chi connectivity index (χ1) is 13.1. The third kappa shape index (κ3) is 4.42. The number of esters is 1. The van der Waals surface area contributed by atoms with Gasteiger partial charge in [-0.2, -0.15) is 0 Å². The Morgan fingerprint density at radius 2 is 1.96 bits per heavy atom. The molecular weight excluding hydrogens is 346 g/mol. The van der Waals surface area contributed by atoms with Crippen LogP contribution >= 0.6 is 0 Å². The zero-order chi connectivity index (χ0) is 19.2. The van der Waals surface area contributed by atoms with Gasteiger partial charge in [0.25, 0.3) is 0 Å². The molecule has 2 aliphatic heterocycles. The van der Waals surface area contributed by atoms with Gasteiger partial charge in [-0.3, -0.25) is 4.90 Å². The summed E-state index contributed by atoms with van der Waals surface area (Å²) in [6, 6.07) is 6.49. The predicted molar refractivity (Wildman–Crippen MR) is 101 cm³/mol. The molecule has 7 nitrogen and oxygen atoms in total. The van der Waals surface area contributed by atoms with Gasteiger partial charge in [-0.1, -0.05) is 24.6 Å². The number of rotatable bonds is 6. The number of benzene rings is 1. The Kier molecular flexibility index (Phi) is 6.34. The van der Waals surface area contributed by atoms with Crippen LogP contribution in [0.25, 0.3) is 0 Å². The minimum atomic E-state index is -0.617. The third-order valence-corrected chi connectivity index (χ3v) is 4.92. The first kappa shape index (κ1) is 19.2. The highest BCUT2D eigenvalue weighted by Crippen LogP contribution is 2.34. The van der Waals surface area contributed by atoms with Crippen LogP contribution in [-0.2, 0) is 9.53 Å². The molecule has 0 radical (unpaired) electrons. The number of para-hydroxylation sites is 1. The summed E-state index contributed by atoms with van der Waals surface area (Å²) in [5.74, 6) is 0.191. The summed E-state index contributed by atoms with van der Waals surface area (Å²) in [6.07, 6.45) is 3.48. The minimum Gasteiger partial charge on any atom is -0.494 e. The number of hydrogen-bond donors (Lipinski definition) is 2. The number of carbonyl (C=O) groups is 2. The minimum absolute atomic E-state index is 0.328. The Labute approximate surface area is 159 Å². The fraction of sp³-hybridized carbons (Fsp3) is 0.500. The summed E-state index contributed by atoms with van der Waals surface area (Å²) in [5.41, 5.74) is 1.77. The van der Waals surface area contributed by atoms with Crippen molar-refractivity contribution in [3.63, 3.8) is 0 Å². The molecule has 2 amide bonds. The molecule has 1 fully saturated rings. The van der Waals surface area contributed by atoms with Crippen molar-refractivity contribution in [3.8, 4) is 5.75 Å². The summed E-state index contributed by atoms with van der Waals surface area (Å²) in [5, 5.41) is 5.68. The molecule has 3 rings (SSSR count). The van der Waals surface area contributed by atoms with Crippen molar-refractivity contribution in [2.24, 2.45) is 0 Å². The maximum Gasteiger partial charge on any atom is 0.338 e. The molecule has 1 saturated heterocycles. The Balaban J connectivity index is 2.01. The second-order valence-electron chi connectivity index (χ2n) is 6.72. The van der Waals surface area contributed by atoms with Gasteiger partial charge in [0.05, 0.1) is 25.3 Å². The molecule has 1 aromatic carbocycles. The molecule has 1 aromatic rings. The van der Waals surface area contributed by atoms with Crippen molar-refractivity contribution < 1.29 is 19.1 Å². The van der Waals surface area contributed by atoms with Crippen molar-refractivity contribution in [1.82, 2.24) is 15.5 Å². The quantitative estimate of drug-likeness (QED) is 0.749. The summed E-state index contributed by atoms with van der Waals surface area (Å²) >= 11 is 0. The molecule has 0 unspecified atom stereocenters. The molecule has 0 bridgehead atoms. The molecule has 2 heterocycles. The molecule has 1 atom stereocenters. The van der Waals surface area contributed by atoms with Gasteiger partial charge in [-0.05, 0) is 38.9 Å². The Hall–Kier alpha value is -2.54. The maximum absolute atomic E-state index is 12.6. The van der Waals surface area contributed by atoms with Crippen LogP contribution in [0.15, 0.2) is 35.5 Å². The highest BCUT2D eigenvalue weighted by atomic mass is 16.5. The SMILES string of the molecule is CCOc1ccccc1[C@H]1NC(=O)NC(CN2CCCCC2)=C1C(=O)OC. The Bertz CT molecular complexity index is 726. The summed E-state index contributed by atoms with van der Waals surface area (Å²) in [7, 11) is 1.36. The largest absolute Gasteiger partial charge is 0.494 e. The van der Waals surface area contributed by atoms with E-state index in [2.05, 4.69) is 15.5 Å². The number of carbonyl (C=O) groups excluding carboxylic acids is 2. The normalized spacial score (nSPS) is 20.7. The summed E-state index contributed by atoms with van der Waals surface area (Å²) in [4.78, 5) is 27.3. The second-order valence-corrected chi connectivity index (χ2v) is 6.72. The van der Waals surface area contributed by atoms with Crippen LogP contribution in [0, 0.1) is 0 Å². The van der Waals surface area contributed by atoms with Gasteiger partial charge in [0.15, 0.2) is 0 Å². The van der Waals surface area contributed by atoms with Crippen molar-refractivity contribution in [1.29, 1.82) is 0 Å². The lowest BCUT2D eigenvalue weighted by Crippen LogP contribution is -2.49. The van der Waals surface area contributed by atoms with Crippen molar-refractivity contribution >= 4 is 12.0 Å². The van der Waals surface area contributed by atoms with Crippen LogP contribution in [0.4, 0.5) is 4.79 Å². The lowest BCUT2D eigenvalue weighted by Gasteiger charge is -2.33. The van der Waals surface area contributed by atoms with Gasteiger partial charge < -0.3 is 20.1 Å². The number of urea groups is 1. The number of likely N-dealkylation sites (tertiary alicyclic amines) is 1. The molecule has 146 valence electrons. The number of amides is 2. The molecule has 0 aromatic heterocycles. The Morgan fingerprint density at radius 3 is 2.67 bits per heavy atom. The molecule has 2 N–H and O–H groups in total. The smallest absolute Gasteiger partial charge is 0.338 e. The van der Waals surface area contributed by atoms with E-state index < -0.39 is 12.0 Å². The summed E-state index contributed by atoms with van der Waals surface area (Å²) < 4.78 is 10.8. The number of ether oxygens (including phenoxy) is 2. The van der Waals surface area contributed by atoms with Crippen LogP contribution in [0.3, 0.4) is 0 Å². The highest BCUT2D eigenvalue weighted by Gasteiger charge is 2.35. The molecular formula is C20H27N3O4. The van der Waals surface area contributed by atoms with Gasteiger partial charge in [0.2, 0.25) is 0 Å². The highest BCUT2D eigenvalue weighted by molar-refractivity contribution is 5.95. The lowest BCUT2D eigenvalue weighted by molar-refractivity contribution is -0.136. The topological polar surface area (TPSA) is 79.9 Å². The molecule has 27 heavy (non-hydrogen) atoms. The fourth-order valence-electron chi connectivity index (χ4n) is 3.67. The van der Waals surface area contributed by atoms with E-state index in [-0.39, 0.29) is 6.03 Å². The van der Waals surface area contributed by atoms with Gasteiger partial charge in [-0.25, -0.2) is 9.59 Å². The van der Waals surface area contributed by atoms with Crippen molar-refractivity contribution in [3.05, 3.63) is 41.1 Å². The van der Waals surface area contributed by atoms with Crippen molar-refractivity contribution in [2.45, 2.75) is 32.2 Å². The van der Waals surface area contributed by atoms with Gasteiger partial charge in [-0.15, -0.1) is 0 Å². The van der Waals surface area contributed by atoms with Crippen LogP contribution in [0.5, 0.6) is 5.75 Å². The zero-order valence-corrected chi connectivity index (χ0v) is 15.9. The number of hydrogen-bond acceptors (Lipinski definition) is 5.